The summed E-state index contributed by atoms with van der Waals surface area (Å²) in [4.78, 5) is 26.4. The molecule has 0 aliphatic heterocycles. The summed E-state index contributed by atoms with van der Waals surface area (Å²) in [5, 5.41) is 6.50. The quantitative estimate of drug-likeness (QED) is 0.462. The van der Waals surface area contributed by atoms with Gasteiger partial charge in [-0.15, -0.1) is 0 Å². The van der Waals surface area contributed by atoms with Crippen molar-refractivity contribution in [3.8, 4) is 11.5 Å². The molecule has 0 aliphatic rings. The number of nitrogens with zero attached hydrogens (tertiary/aromatic N) is 2. The van der Waals surface area contributed by atoms with Crippen LogP contribution in [0.5, 0.6) is 11.5 Å². The average molecular weight is 412 g/mol. The predicted molar refractivity (Wildman–Crippen MR) is 118 cm³/mol. The molecule has 0 saturated carbocycles. The normalized spacial score (nSPS) is 10.5. The summed E-state index contributed by atoms with van der Waals surface area (Å²) in [5.74, 6) is 0.240. The molecule has 30 heavy (non-hydrogen) atoms. The van der Waals surface area contributed by atoms with Gasteiger partial charge in [0.25, 0.3) is 11.8 Å². The van der Waals surface area contributed by atoms with E-state index in [2.05, 4.69) is 34.6 Å². The maximum atomic E-state index is 12.2. The van der Waals surface area contributed by atoms with Gasteiger partial charge in [0.1, 0.15) is 11.5 Å². The summed E-state index contributed by atoms with van der Waals surface area (Å²) in [7, 11) is 3.07. The lowest BCUT2D eigenvalue weighted by Crippen LogP contribution is -2.35. The van der Waals surface area contributed by atoms with Crippen LogP contribution in [0.15, 0.2) is 47.6 Å². The van der Waals surface area contributed by atoms with E-state index in [1.165, 1.54) is 13.3 Å². The highest BCUT2D eigenvalue weighted by Gasteiger charge is 2.12. The van der Waals surface area contributed by atoms with E-state index < -0.39 is 11.8 Å². The van der Waals surface area contributed by atoms with Crippen LogP contribution in [0, 0.1) is 0 Å². The number of anilines is 1. The van der Waals surface area contributed by atoms with Gasteiger partial charge in [0.2, 0.25) is 0 Å². The molecule has 0 atom stereocenters. The number of rotatable bonds is 10. The molecule has 0 bridgehead atoms. The molecule has 8 nitrogen and oxygen atoms in total. The van der Waals surface area contributed by atoms with E-state index >= 15 is 0 Å². The van der Waals surface area contributed by atoms with Gasteiger partial charge in [-0.3, -0.25) is 9.59 Å². The highest BCUT2D eigenvalue weighted by Crippen LogP contribution is 2.24. The third kappa shape index (κ3) is 5.97. The summed E-state index contributed by atoms with van der Waals surface area (Å²) in [6, 6.07) is 12.6. The summed E-state index contributed by atoms with van der Waals surface area (Å²) in [6.45, 7) is 5.75. The Kier molecular flexibility index (Phi) is 8.68. The molecule has 160 valence electrons. The first-order chi connectivity index (χ1) is 14.5. The van der Waals surface area contributed by atoms with Gasteiger partial charge in [0, 0.05) is 30.4 Å². The van der Waals surface area contributed by atoms with Crippen molar-refractivity contribution in [1.82, 2.24) is 10.7 Å². The van der Waals surface area contributed by atoms with Crippen LogP contribution in [-0.2, 0) is 4.79 Å². The third-order valence-corrected chi connectivity index (χ3v) is 4.50. The first-order valence-electron chi connectivity index (χ1n) is 9.70. The standard InChI is InChI=1S/C22H28N4O4/c1-5-26(6-2)17-12-11-16(20(13-17)30-4)14-24-25-21(27)15-23-22(28)18-9-7-8-10-19(18)29-3/h7-14H,5-6,15H2,1-4H3,(H,23,28)(H,25,27). The fraction of sp³-hybridized carbons (Fsp3) is 0.318. The number of ether oxygens (including phenoxy) is 2. The zero-order valence-electron chi connectivity index (χ0n) is 17.8. The first kappa shape index (κ1) is 22.7. The number of carbonyl (C=O) groups excluding carboxylic acids is 2. The summed E-state index contributed by atoms with van der Waals surface area (Å²) >= 11 is 0. The Morgan fingerprint density at radius 3 is 2.40 bits per heavy atom. The van der Waals surface area contributed by atoms with Crippen molar-refractivity contribution in [2.75, 3.05) is 38.8 Å². The SMILES string of the molecule is CCN(CC)c1ccc(C=NNC(=O)CNC(=O)c2ccccc2OC)c(OC)c1. The zero-order chi connectivity index (χ0) is 21.9. The van der Waals surface area contributed by atoms with Gasteiger partial charge in [-0.1, -0.05) is 12.1 Å². The Morgan fingerprint density at radius 1 is 1.03 bits per heavy atom. The number of methoxy groups -OCH3 is 2. The van der Waals surface area contributed by atoms with Crippen LogP contribution in [0.3, 0.4) is 0 Å². The van der Waals surface area contributed by atoms with Crippen molar-refractivity contribution in [2.24, 2.45) is 5.10 Å². The average Bonchev–Trinajstić information content (AvgIpc) is 2.78. The number of hydrazone groups is 1. The van der Waals surface area contributed by atoms with Crippen molar-refractivity contribution >= 4 is 23.7 Å². The van der Waals surface area contributed by atoms with Gasteiger partial charge in [-0.2, -0.15) is 5.10 Å². The maximum absolute atomic E-state index is 12.2. The molecular weight excluding hydrogens is 384 g/mol. The molecule has 0 spiro atoms. The van der Waals surface area contributed by atoms with Crippen molar-refractivity contribution < 1.29 is 19.1 Å². The zero-order valence-corrected chi connectivity index (χ0v) is 17.8. The van der Waals surface area contributed by atoms with Gasteiger partial charge in [-0.05, 0) is 38.1 Å². The Labute approximate surface area is 176 Å². The van der Waals surface area contributed by atoms with Crippen molar-refractivity contribution in [3.63, 3.8) is 0 Å². The number of hydrogen-bond acceptors (Lipinski definition) is 6. The Balaban J connectivity index is 1.93. The number of amides is 2. The van der Waals surface area contributed by atoms with Crippen molar-refractivity contribution in [3.05, 3.63) is 53.6 Å². The van der Waals surface area contributed by atoms with E-state index in [4.69, 9.17) is 9.47 Å². The number of benzene rings is 2. The first-order valence-corrected chi connectivity index (χ1v) is 9.70. The lowest BCUT2D eigenvalue weighted by Gasteiger charge is -2.21. The lowest BCUT2D eigenvalue weighted by molar-refractivity contribution is -0.120. The van der Waals surface area contributed by atoms with E-state index in [1.807, 2.05) is 18.2 Å². The fourth-order valence-corrected chi connectivity index (χ4v) is 2.89. The topological polar surface area (TPSA) is 92.3 Å². The van der Waals surface area contributed by atoms with Crippen molar-refractivity contribution in [2.45, 2.75) is 13.8 Å². The molecule has 0 aromatic heterocycles. The molecule has 2 N–H and O–H groups in total. The highest BCUT2D eigenvalue weighted by molar-refractivity contribution is 5.98. The number of nitrogens with one attached hydrogen (secondary N) is 2. The fourth-order valence-electron chi connectivity index (χ4n) is 2.89. The molecule has 2 amide bonds. The molecule has 0 heterocycles. The summed E-state index contributed by atoms with van der Waals surface area (Å²) < 4.78 is 10.6. The van der Waals surface area contributed by atoms with E-state index in [0.29, 0.717) is 17.1 Å². The van der Waals surface area contributed by atoms with Gasteiger partial charge >= 0.3 is 0 Å². The molecule has 0 saturated heterocycles. The Hall–Kier alpha value is -3.55. The molecule has 0 aliphatic carbocycles. The van der Waals surface area contributed by atoms with Gasteiger partial charge in [0.05, 0.1) is 32.5 Å². The van der Waals surface area contributed by atoms with Crippen LogP contribution in [0.4, 0.5) is 5.69 Å². The summed E-state index contributed by atoms with van der Waals surface area (Å²) in [6.07, 6.45) is 1.50. The molecule has 2 aromatic rings. The van der Waals surface area contributed by atoms with Crippen LogP contribution in [0.2, 0.25) is 0 Å². The van der Waals surface area contributed by atoms with Gasteiger partial charge in [0.15, 0.2) is 0 Å². The van der Waals surface area contributed by atoms with Gasteiger partial charge in [-0.25, -0.2) is 5.43 Å². The summed E-state index contributed by atoms with van der Waals surface area (Å²) in [5.41, 5.74) is 4.53. The van der Waals surface area contributed by atoms with E-state index in [0.717, 1.165) is 24.3 Å². The van der Waals surface area contributed by atoms with Gasteiger partial charge < -0.3 is 19.7 Å². The molecule has 2 rings (SSSR count). The van der Waals surface area contributed by atoms with E-state index in [9.17, 15) is 9.59 Å². The van der Waals surface area contributed by atoms with Crippen LogP contribution in [0.25, 0.3) is 0 Å². The largest absolute Gasteiger partial charge is 0.496 e. The molecule has 0 fully saturated rings. The number of hydrogen-bond donors (Lipinski definition) is 2. The number of carbonyl (C=O) groups is 2. The lowest BCUT2D eigenvalue weighted by atomic mass is 10.2. The minimum atomic E-state index is -0.451. The smallest absolute Gasteiger partial charge is 0.259 e. The van der Waals surface area contributed by atoms with E-state index in [1.54, 1.807) is 31.4 Å². The Bertz CT molecular complexity index is 894. The minimum Gasteiger partial charge on any atom is -0.496 e. The molecular formula is C22H28N4O4. The van der Waals surface area contributed by atoms with Crippen LogP contribution in [0.1, 0.15) is 29.8 Å². The monoisotopic (exact) mass is 412 g/mol. The third-order valence-electron chi connectivity index (χ3n) is 4.50. The molecule has 2 aromatic carbocycles. The van der Waals surface area contributed by atoms with E-state index in [-0.39, 0.29) is 6.54 Å². The molecule has 0 unspecified atom stereocenters. The van der Waals surface area contributed by atoms with Crippen molar-refractivity contribution in [1.29, 1.82) is 0 Å². The second-order valence-electron chi connectivity index (χ2n) is 6.27. The van der Waals surface area contributed by atoms with Crippen LogP contribution >= 0.6 is 0 Å². The second kappa shape index (κ2) is 11.5. The molecule has 8 heteroatoms. The maximum Gasteiger partial charge on any atom is 0.259 e. The minimum absolute atomic E-state index is 0.216. The number of para-hydroxylation sites is 1. The highest BCUT2D eigenvalue weighted by atomic mass is 16.5. The second-order valence-corrected chi connectivity index (χ2v) is 6.27. The van der Waals surface area contributed by atoms with Crippen LogP contribution < -0.4 is 25.1 Å². The molecule has 0 radical (unpaired) electrons. The van der Waals surface area contributed by atoms with Crippen LogP contribution in [-0.4, -0.2) is 51.9 Å². The predicted octanol–water partition coefficient (Wildman–Crippen LogP) is 2.43. The Morgan fingerprint density at radius 2 is 1.73 bits per heavy atom.